The Morgan fingerprint density at radius 1 is 1.11 bits per heavy atom. The molecule has 1 saturated heterocycles. The van der Waals surface area contributed by atoms with E-state index >= 15 is 0 Å². The Morgan fingerprint density at radius 2 is 1.79 bits per heavy atom. The predicted octanol–water partition coefficient (Wildman–Crippen LogP) is 2.85. The van der Waals surface area contributed by atoms with Crippen molar-refractivity contribution in [3.63, 3.8) is 0 Å². The highest BCUT2D eigenvalue weighted by Gasteiger charge is 2.55. The van der Waals surface area contributed by atoms with Crippen molar-refractivity contribution in [2.24, 2.45) is 11.3 Å². The minimum atomic E-state index is 0.0585. The Labute approximate surface area is 117 Å². The normalized spacial score (nSPS) is 29.3. The number of carbonyl (C=O) groups is 1. The minimum absolute atomic E-state index is 0.0585. The molecule has 2 N–H and O–H groups in total. The van der Waals surface area contributed by atoms with Gasteiger partial charge in [-0.05, 0) is 44.6 Å². The van der Waals surface area contributed by atoms with E-state index in [2.05, 4.69) is 10.6 Å². The highest BCUT2D eigenvalue weighted by atomic mass is 16.2. The molecule has 1 unspecified atom stereocenters. The Kier molecular flexibility index (Phi) is 5.26. The second-order valence-corrected chi connectivity index (χ2v) is 6.15. The first-order valence-electron chi connectivity index (χ1n) is 8.33. The topological polar surface area (TPSA) is 41.1 Å². The van der Waals surface area contributed by atoms with Crippen molar-refractivity contribution in [1.29, 1.82) is 0 Å². The van der Waals surface area contributed by atoms with E-state index < -0.39 is 0 Å². The van der Waals surface area contributed by atoms with Gasteiger partial charge in [0.2, 0.25) is 5.91 Å². The molecule has 1 atom stereocenters. The van der Waals surface area contributed by atoms with Gasteiger partial charge in [-0.25, -0.2) is 0 Å². The number of carbonyl (C=O) groups excluding carboxylic acids is 1. The number of amides is 1. The van der Waals surface area contributed by atoms with Crippen molar-refractivity contribution in [2.75, 3.05) is 13.1 Å². The average molecular weight is 266 g/mol. The first kappa shape index (κ1) is 14.8. The highest BCUT2D eigenvalue weighted by Crippen LogP contribution is 2.56. The molecule has 0 aromatic carbocycles. The third kappa shape index (κ3) is 3.31. The average Bonchev–Trinajstić information content (AvgIpc) is 3.15. The van der Waals surface area contributed by atoms with Gasteiger partial charge in [0.15, 0.2) is 0 Å². The van der Waals surface area contributed by atoms with Crippen molar-refractivity contribution in [3.05, 3.63) is 0 Å². The van der Waals surface area contributed by atoms with Crippen LogP contribution in [0.25, 0.3) is 0 Å². The fourth-order valence-corrected chi connectivity index (χ4v) is 3.72. The van der Waals surface area contributed by atoms with E-state index in [1.807, 2.05) is 13.8 Å². The maximum absolute atomic E-state index is 12.4. The van der Waals surface area contributed by atoms with E-state index in [1.54, 1.807) is 0 Å². The second kappa shape index (κ2) is 6.74. The van der Waals surface area contributed by atoms with E-state index in [0.29, 0.717) is 17.9 Å². The van der Waals surface area contributed by atoms with Gasteiger partial charge in [-0.1, -0.05) is 33.1 Å². The van der Waals surface area contributed by atoms with Crippen LogP contribution >= 0.6 is 0 Å². The quantitative estimate of drug-likeness (QED) is 0.824. The molecule has 1 aliphatic heterocycles. The lowest BCUT2D eigenvalue weighted by Crippen LogP contribution is -2.43. The molecule has 1 amide bonds. The summed E-state index contributed by atoms with van der Waals surface area (Å²) in [5, 5.41) is 6.59. The van der Waals surface area contributed by atoms with Crippen molar-refractivity contribution < 1.29 is 4.79 Å². The molecular formula is C16H30N2O. The van der Waals surface area contributed by atoms with Gasteiger partial charge in [0.1, 0.15) is 0 Å². The lowest BCUT2D eigenvalue weighted by atomic mass is 9.77. The van der Waals surface area contributed by atoms with Crippen LogP contribution in [0.15, 0.2) is 0 Å². The summed E-state index contributed by atoms with van der Waals surface area (Å²) in [6, 6.07) is 0.392. The third-order valence-corrected chi connectivity index (χ3v) is 5.02. The number of rotatable bonds is 3. The largest absolute Gasteiger partial charge is 0.352 e. The zero-order valence-corrected chi connectivity index (χ0v) is 12.6. The molecular weight excluding hydrogens is 236 g/mol. The smallest absolute Gasteiger partial charge is 0.226 e. The van der Waals surface area contributed by atoms with E-state index in [-0.39, 0.29) is 5.41 Å². The number of hydrogen-bond donors (Lipinski definition) is 2. The summed E-state index contributed by atoms with van der Waals surface area (Å²) >= 11 is 0. The van der Waals surface area contributed by atoms with E-state index in [4.69, 9.17) is 0 Å². The molecule has 2 saturated carbocycles. The summed E-state index contributed by atoms with van der Waals surface area (Å²) in [4.78, 5) is 12.4. The molecule has 3 rings (SSSR count). The van der Waals surface area contributed by atoms with Crippen LogP contribution in [0, 0.1) is 11.3 Å². The maximum Gasteiger partial charge on any atom is 0.226 e. The van der Waals surface area contributed by atoms with Crippen molar-refractivity contribution in [3.8, 4) is 0 Å². The van der Waals surface area contributed by atoms with Gasteiger partial charge >= 0.3 is 0 Å². The van der Waals surface area contributed by atoms with Crippen molar-refractivity contribution in [2.45, 2.75) is 71.3 Å². The maximum atomic E-state index is 12.4. The summed E-state index contributed by atoms with van der Waals surface area (Å²) in [5.74, 6) is 1.06. The third-order valence-electron chi connectivity index (χ3n) is 5.02. The van der Waals surface area contributed by atoms with Gasteiger partial charge < -0.3 is 10.6 Å². The molecule has 0 aromatic rings. The van der Waals surface area contributed by atoms with Crippen LogP contribution in [0.1, 0.15) is 65.2 Å². The Morgan fingerprint density at radius 3 is 2.32 bits per heavy atom. The fraction of sp³-hybridized carbons (Fsp3) is 0.938. The van der Waals surface area contributed by atoms with Gasteiger partial charge in [-0.2, -0.15) is 0 Å². The van der Waals surface area contributed by atoms with Crippen LogP contribution in [0.5, 0.6) is 0 Å². The Hall–Kier alpha value is -0.570. The fourth-order valence-electron chi connectivity index (χ4n) is 3.72. The lowest BCUT2D eigenvalue weighted by Gasteiger charge is -2.30. The first-order chi connectivity index (χ1) is 9.31. The van der Waals surface area contributed by atoms with Crippen LogP contribution in [0.2, 0.25) is 0 Å². The molecule has 1 heterocycles. The molecule has 2 aliphatic carbocycles. The summed E-state index contributed by atoms with van der Waals surface area (Å²) in [6.45, 7) is 6.02. The van der Waals surface area contributed by atoms with Crippen LogP contribution in [0.4, 0.5) is 0 Å². The zero-order chi connectivity index (χ0) is 13.7. The lowest BCUT2D eigenvalue weighted by molar-refractivity contribution is -0.129. The molecule has 3 fully saturated rings. The molecule has 0 bridgehead atoms. The van der Waals surface area contributed by atoms with Crippen molar-refractivity contribution in [1.82, 2.24) is 10.6 Å². The Balaban J connectivity index is 0.000000637. The molecule has 110 valence electrons. The van der Waals surface area contributed by atoms with E-state index in [1.165, 1.54) is 32.1 Å². The summed E-state index contributed by atoms with van der Waals surface area (Å²) < 4.78 is 0. The molecule has 19 heavy (non-hydrogen) atoms. The summed E-state index contributed by atoms with van der Waals surface area (Å²) in [6.07, 6.45) is 10.0. The molecule has 3 aliphatic rings. The van der Waals surface area contributed by atoms with Gasteiger partial charge in [-0.15, -0.1) is 0 Å². The van der Waals surface area contributed by atoms with Crippen LogP contribution in [-0.4, -0.2) is 25.0 Å². The number of hydrogen-bond acceptors (Lipinski definition) is 2. The monoisotopic (exact) mass is 266 g/mol. The van der Waals surface area contributed by atoms with Crippen molar-refractivity contribution >= 4 is 5.91 Å². The first-order valence-corrected chi connectivity index (χ1v) is 8.33. The van der Waals surface area contributed by atoms with Gasteiger partial charge in [-0.3, -0.25) is 4.79 Å². The number of nitrogens with one attached hydrogen (secondary N) is 2. The highest BCUT2D eigenvalue weighted by molar-refractivity contribution is 5.86. The summed E-state index contributed by atoms with van der Waals surface area (Å²) in [5.41, 5.74) is 0.0585. The van der Waals surface area contributed by atoms with Gasteiger partial charge in [0.05, 0.1) is 5.41 Å². The zero-order valence-electron chi connectivity index (χ0n) is 12.6. The second-order valence-electron chi connectivity index (χ2n) is 6.15. The molecule has 0 aromatic heterocycles. The SMILES string of the molecule is CC.O=C(NC1CCNC1)C1(C2CCCCC2)CC1. The van der Waals surface area contributed by atoms with E-state index in [9.17, 15) is 4.79 Å². The van der Waals surface area contributed by atoms with Crippen LogP contribution in [0.3, 0.4) is 0 Å². The molecule has 3 heteroatoms. The van der Waals surface area contributed by atoms with Crippen LogP contribution in [-0.2, 0) is 4.79 Å². The predicted molar refractivity (Wildman–Crippen MR) is 79.0 cm³/mol. The molecule has 3 nitrogen and oxygen atoms in total. The van der Waals surface area contributed by atoms with Gasteiger partial charge in [0.25, 0.3) is 0 Å². The molecule has 0 radical (unpaired) electrons. The van der Waals surface area contributed by atoms with Crippen LogP contribution < -0.4 is 10.6 Å². The molecule has 0 spiro atoms. The minimum Gasteiger partial charge on any atom is -0.352 e. The van der Waals surface area contributed by atoms with Gasteiger partial charge in [0, 0.05) is 12.6 Å². The summed E-state index contributed by atoms with van der Waals surface area (Å²) in [7, 11) is 0. The standard InChI is InChI=1S/C14H24N2O.C2H6/c17-13(16-12-6-9-15-10-12)14(7-8-14)11-4-2-1-3-5-11;1-2/h11-12,15H,1-10H2,(H,16,17);1-2H3. The Bertz CT molecular complexity index is 287. The van der Waals surface area contributed by atoms with E-state index in [0.717, 1.165) is 32.4 Å².